The lowest BCUT2D eigenvalue weighted by atomic mass is 10.2. The van der Waals surface area contributed by atoms with Crippen LogP contribution in [0.3, 0.4) is 0 Å². The van der Waals surface area contributed by atoms with Crippen molar-refractivity contribution < 1.29 is 0 Å². The third-order valence-electron chi connectivity index (χ3n) is 1.41. The highest BCUT2D eigenvalue weighted by Gasteiger charge is 1.98. The Morgan fingerprint density at radius 3 is 2.50 bits per heavy atom. The minimum absolute atomic E-state index is 1.26. The topological polar surface area (TPSA) is 0 Å². The van der Waals surface area contributed by atoms with E-state index in [0.29, 0.717) is 0 Å². The van der Waals surface area contributed by atoms with Gasteiger partial charge in [-0.1, -0.05) is 12.1 Å². The van der Waals surface area contributed by atoms with Gasteiger partial charge in [0.1, 0.15) is 0 Å². The molecule has 0 aliphatic carbocycles. The molecule has 0 amide bonds. The van der Waals surface area contributed by atoms with Crippen molar-refractivity contribution in [3.8, 4) is 0 Å². The lowest BCUT2D eigenvalue weighted by Crippen LogP contribution is -1.90. The van der Waals surface area contributed by atoms with Gasteiger partial charge in [0, 0.05) is 17.4 Å². The fourth-order valence-electron chi connectivity index (χ4n) is 0.822. The van der Waals surface area contributed by atoms with Crippen molar-refractivity contribution in [1.29, 1.82) is 0 Å². The Labute approximate surface area is 91.5 Å². The molecule has 3 heteroatoms. The second-order valence-corrected chi connectivity index (χ2v) is 5.01. The molecule has 10 heavy (non-hydrogen) atoms. The second kappa shape index (κ2) is 4.06. The lowest BCUT2D eigenvalue weighted by molar-refractivity contribution is 1.35. The van der Waals surface area contributed by atoms with Gasteiger partial charge in [-0.15, -0.1) is 0 Å². The van der Waals surface area contributed by atoms with Gasteiger partial charge in [-0.05, 0) is 62.9 Å². The summed E-state index contributed by atoms with van der Waals surface area (Å²) >= 11 is 4.80. The molecule has 0 spiro atoms. The molecule has 0 nitrogen and oxygen atoms in total. The van der Waals surface area contributed by atoms with Crippen LogP contribution < -0.4 is 0 Å². The molecule has 54 valence electrons. The summed E-state index contributed by atoms with van der Waals surface area (Å²) in [5, 5.41) is 0. The van der Waals surface area contributed by atoms with Crippen molar-refractivity contribution in [2.45, 2.75) is 6.04 Å². The third kappa shape index (κ3) is 1.94. The van der Waals surface area contributed by atoms with E-state index in [1.54, 1.807) is 0 Å². The van der Waals surface area contributed by atoms with E-state index in [2.05, 4.69) is 63.4 Å². The van der Waals surface area contributed by atoms with Gasteiger partial charge in [-0.3, -0.25) is 0 Å². The maximum absolute atomic E-state index is 2.42. The van der Waals surface area contributed by atoms with Crippen molar-refractivity contribution in [3.63, 3.8) is 0 Å². The minimum atomic E-state index is 1.26. The van der Waals surface area contributed by atoms with Crippen molar-refractivity contribution in [1.82, 2.24) is 0 Å². The molecule has 0 aliphatic rings. The van der Waals surface area contributed by atoms with Gasteiger partial charge in [0.15, 0.2) is 0 Å². The summed E-state index contributed by atoms with van der Waals surface area (Å²) in [5.41, 5.74) is 1.51. The normalized spacial score (nSPS) is 10.2. The summed E-state index contributed by atoms with van der Waals surface area (Å²) in [5.74, 6) is 0. The van der Waals surface area contributed by atoms with Crippen LogP contribution in [-0.2, 0) is 6.04 Å². The first kappa shape index (κ1) is 8.99. The van der Waals surface area contributed by atoms with Gasteiger partial charge in [0.2, 0.25) is 0 Å². The van der Waals surface area contributed by atoms with Gasteiger partial charge >= 0.3 is 0 Å². The average molecular weight is 374 g/mol. The van der Waals surface area contributed by atoms with Crippen molar-refractivity contribution in [2.75, 3.05) is 0 Å². The van der Waals surface area contributed by atoms with Crippen LogP contribution in [0.5, 0.6) is 0 Å². The van der Waals surface area contributed by atoms with E-state index >= 15 is 0 Å². The number of hydrogen-bond acceptors (Lipinski definition) is 0. The van der Waals surface area contributed by atoms with Crippen molar-refractivity contribution >= 4 is 55.4 Å². The third-order valence-corrected chi connectivity index (χ3v) is 5.38. The fraction of sp³-hybridized carbons (Fsp3) is 0.143. The molecule has 1 rings (SSSR count). The maximum atomic E-state index is 2.42. The Morgan fingerprint density at radius 2 is 2.00 bits per heavy atom. The van der Waals surface area contributed by atoms with Crippen molar-refractivity contribution in [3.05, 3.63) is 30.9 Å². The Hall–Kier alpha value is 0.897. The lowest BCUT2D eigenvalue weighted by Gasteiger charge is -2.01. The van der Waals surface area contributed by atoms with E-state index in [9.17, 15) is 0 Å². The molecular formula is C7H8I2Si. The molecule has 0 atom stereocenters. The van der Waals surface area contributed by atoms with E-state index in [-0.39, 0.29) is 0 Å². The number of hydrogen-bond donors (Lipinski definition) is 0. The Kier molecular flexibility index (Phi) is 3.65. The van der Waals surface area contributed by atoms with Gasteiger partial charge in [-0.2, -0.15) is 0 Å². The van der Waals surface area contributed by atoms with E-state index in [0.717, 1.165) is 0 Å². The van der Waals surface area contributed by atoms with E-state index in [1.165, 1.54) is 29.0 Å². The number of halogens is 2. The average Bonchev–Trinajstić information content (AvgIpc) is 1.95. The first-order valence-corrected chi connectivity index (χ1v) is 6.75. The van der Waals surface area contributed by atoms with Crippen LogP contribution in [0.1, 0.15) is 5.56 Å². The molecule has 0 saturated carbocycles. The molecule has 0 N–H and O–H groups in total. The van der Waals surface area contributed by atoms with Gasteiger partial charge in [0.25, 0.3) is 0 Å². The molecule has 0 fully saturated rings. The zero-order valence-electron chi connectivity index (χ0n) is 5.70. The second-order valence-electron chi connectivity index (χ2n) is 2.07. The van der Waals surface area contributed by atoms with Crippen LogP contribution in [0, 0.1) is 7.14 Å². The zero-order valence-corrected chi connectivity index (χ0v) is 12.0. The van der Waals surface area contributed by atoms with Crippen LogP contribution in [0.2, 0.25) is 0 Å². The first-order chi connectivity index (χ1) is 4.75. The molecule has 0 bridgehead atoms. The summed E-state index contributed by atoms with van der Waals surface area (Å²) < 4.78 is 2.82. The highest BCUT2D eigenvalue weighted by molar-refractivity contribution is 14.1. The van der Waals surface area contributed by atoms with Crippen LogP contribution in [0.4, 0.5) is 0 Å². The predicted molar refractivity (Wildman–Crippen MR) is 65.5 cm³/mol. The van der Waals surface area contributed by atoms with Crippen LogP contribution in [0.15, 0.2) is 18.2 Å². The first-order valence-electron chi connectivity index (χ1n) is 3.18. The smallest absolute Gasteiger partial charge is 0.0292 e. The predicted octanol–water partition coefficient (Wildman–Crippen LogP) is 1.76. The molecule has 0 aromatic heterocycles. The van der Waals surface area contributed by atoms with Crippen molar-refractivity contribution in [2.24, 2.45) is 0 Å². The van der Waals surface area contributed by atoms with Crippen LogP contribution in [-0.4, -0.2) is 10.2 Å². The largest absolute Gasteiger partial charge is 0.0609 e. The molecule has 1 aromatic rings. The Balaban J connectivity index is 3.14. The summed E-state index contributed by atoms with van der Waals surface area (Å²) in [7, 11) is 1.26. The quantitative estimate of drug-likeness (QED) is 0.520. The number of rotatable bonds is 1. The standard InChI is InChI=1S/C7H8I2Si/c8-6-3-1-2-5(4-10)7(6)9/h1-3H,4H2,10H3. The SMILES string of the molecule is [SiH3]Cc1cccc(I)c1I. The van der Waals surface area contributed by atoms with Crippen LogP contribution in [0.25, 0.3) is 0 Å². The van der Waals surface area contributed by atoms with Gasteiger partial charge in [0.05, 0.1) is 0 Å². The van der Waals surface area contributed by atoms with Crippen LogP contribution >= 0.6 is 45.2 Å². The summed E-state index contributed by atoms with van der Waals surface area (Å²) in [6, 6.07) is 7.78. The molecule has 0 unspecified atom stereocenters. The Morgan fingerprint density at radius 1 is 1.30 bits per heavy atom. The van der Waals surface area contributed by atoms with E-state index in [4.69, 9.17) is 0 Å². The minimum Gasteiger partial charge on any atom is -0.0609 e. The highest BCUT2D eigenvalue weighted by atomic mass is 127. The monoisotopic (exact) mass is 374 g/mol. The molecular weight excluding hydrogens is 366 g/mol. The molecule has 0 radical (unpaired) electrons. The zero-order chi connectivity index (χ0) is 7.56. The van der Waals surface area contributed by atoms with E-state index in [1.807, 2.05) is 0 Å². The molecule has 1 aromatic carbocycles. The summed E-state index contributed by atoms with van der Waals surface area (Å²) in [6.45, 7) is 0. The maximum Gasteiger partial charge on any atom is 0.0292 e. The Bertz CT molecular complexity index is 235. The molecule has 0 saturated heterocycles. The molecule has 0 aliphatic heterocycles. The number of benzene rings is 1. The van der Waals surface area contributed by atoms with Gasteiger partial charge in [-0.25, -0.2) is 0 Å². The fourth-order valence-corrected chi connectivity index (χ4v) is 3.43. The summed E-state index contributed by atoms with van der Waals surface area (Å²) in [4.78, 5) is 0. The van der Waals surface area contributed by atoms with E-state index < -0.39 is 0 Å². The highest BCUT2D eigenvalue weighted by Crippen LogP contribution is 2.18. The van der Waals surface area contributed by atoms with Gasteiger partial charge < -0.3 is 0 Å². The summed E-state index contributed by atoms with van der Waals surface area (Å²) in [6.07, 6.45) is 0. The molecule has 0 heterocycles.